The Morgan fingerprint density at radius 1 is 1.19 bits per heavy atom. The van der Waals surface area contributed by atoms with Gasteiger partial charge in [-0.1, -0.05) is 40.9 Å². The Kier molecular flexibility index (Phi) is 6.53. The smallest absolute Gasteiger partial charge is 0.307 e. The highest BCUT2D eigenvalue weighted by molar-refractivity contribution is 6.42. The molecule has 2 atom stereocenters. The SMILES string of the molecule is COc1ccc(Cl)cc1C(c1ccc(Cl)c(Cl)c1)N1CCCC(C(=O)O)C1. The predicted octanol–water partition coefficient (Wildman–Crippen LogP) is 5.54. The molecule has 0 radical (unpaired) electrons. The highest BCUT2D eigenvalue weighted by atomic mass is 35.5. The topological polar surface area (TPSA) is 49.8 Å². The molecule has 1 N–H and O–H groups in total. The molecule has 0 aromatic heterocycles. The van der Waals surface area contributed by atoms with Gasteiger partial charge in [0.15, 0.2) is 0 Å². The van der Waals surface area contributed by atoms with Gasteiger partial charge < -0.3 is 9.84 Å². The summed E-state index contributed by atoms with van der Waals surface area (Å²) in [6.07, 6.45) is 1.48. The van der Waals surface area contributed by atoms with Gasteiger partial charge in [0, 0.05) is 17.1 Å². The quantitative estimate of drug-likeness (QED) is 0.679. The lowest BCUT2D eigenvalue weighted by Crippen LogP contribution is -2.41. The van der Waals surface area contributed by atoms with Gasteiger partial charge in [0.2, 0.25) is 0 Å². The minimum Gasteiger partial charge on any atom is -0.496 e. The monoisotopic (exact) mass is 427 g/mol. The van der Waals surface area contributed by atoms with E-state index < -0.39 is 11.9 Å². The summed E-state index contributed by atoms with van der Waals surface area (Å²) >= 11 is 18.6. The van der Waals surface area contributed by atoms with E-state index in [2.05, 4.69) is 4.90 Å². The number of methoxy groups -OCH3 is 1. The van der Waals surface area contributed by atoms with Crippen LogP contribution in [0.5, 0.6) is 5.75 Å². The number of rotatable bonds is 5. The van der Waals surface area contributed by atoms with Gasteiger partial charge in [0.1, 0.15) is 5.75 Å². The van der Waals surface area contributed by atoms with E-state index in [1.54, 1.807) is 19.2 Å². The zero-order valence-corrected chi connectivity index (χ0v) is 17.1. The second kappa shape index (κ2) is 8.70. The molecule has 0 saturated carbocycles. The molecule has 2 unspecified atom stereocenters. The summed E-state index contributed by atoms with van der Waals surface area (Å²) < 4.78 is 5.56. The molecule has 1 aliphatic rings. The van der Waals surface area contributed by atoms with Crippen LogP contribution in [0.4, 0.5) is 0 Å². The zero-order chi connectivity index (χ0) is 19.6. The van der Waals surface area contributed by atoms with Crippen LogP contribution in [-0.4, -0.2) is 36.2 Å². The van der Waals surface area contributed by atoms with Crippen LogP contribution in [0.1, 0.15) is 30.0 Å². The number of likely N-dealkylation sites (tertiary alicyclic amines) is 1. The van der Waals surface area contributed by atoms with E-state index in [0.717, 1.165) is 24.1 Å². The number of nitrogens with zero attached hydrogens (tertiary/aromatic N) is 1. The molecule has 1 saturated heterocycles. The molecule has 2 aromatic carbocycles. The van der Waals surface area contributed by atoms with Crippen molar-refractivity contribution in [3.63, 3.8) is 0 Å². The summed E-state index contributed by atoms with van der Waals surface area (Å²) in [5.74, 6) is -0.493. The molecule has 144 valence electrons. The molecule has 4 nitrogen and oxygen atoms in total. The van der Waals surface area contributed by atoms with Crippen LogP contribution >= 0.6 is 34.8 Å². The number of halogens is 3. The van der Waals surface area contributed by atoms with Crippen molar-refractivity contribution < 1.29 is 14.6 Å². The third kappa shape index (κ3) is 4.52. The second-order valence-corrected chi connectivity index (χ2v) is 7.89. The van der Waals surface area contributed by atoms with Gasteiger partial charge in [0.05, 0.1) is 29.1 Å². The first-order chi connectivity index (χ1) is 12.9. The molecule has 0 spiro atoms. The summed E-state index contributed by atoms with van der Waals surface area (Å²) in [7, 11) is 1.61. The van der Waals surface area contributed by atoms with Crippen molar-refractivity contribution in [3.8, 4) is 5.75 Å². The Balaban J connectivity index is 2.10. The van der Waals surface area contributed by atoms with Crippen LogP contribution in [-0.2, 0) is 4.79 Å². The molecule has 0 aliphatic carbocycles. The summed E-state index contributed by atoms with van der Waals surface area (Å²) in [6, 6.07) is 10.7. The third-order valence-corrected chi connectivity index (χ3v) is 5.89. The van der Waals surface area contributed by atoms with Crippen molar-refractivity contribution in [2.24, 2.45) is 5.92 Å². The standard InChI is InChI=1S/C20H20Cl3NO3/c1-27-18-7-5-14(21)10-15(18)19(12-4-6-16(22)17(23)9-12)24-8-2-3-13(11-24)20(25)26/h4-7,9-10,13,19H,2-3,8,11H2,1H3,(H,25,26). The molecular weight excluding hydrogens is 409 g/mol. The number of hydrogen-bond donors (Lipinski definition) is 1. The van der Waals surface area contributed by atoms with Crippen molar-refractivity contribution >= 4 is 40.8 Å². The number of carboxylic acid groups (broad SMARTS) is 1. The molecule has 27 heavy (non-hydrogen) atoms. The molecule has 1 aliphatic heterocycles. The largest absolute Gasteiger partial charge is 0.496 e. The van der Waals surface area contributed by atoms with Crippen LogP contribution < -0.4 is 4.74 Å². The van der Waals surface area contributed by atoms with Crippen molar-refractivity contribution in [3.05, 3.63) is 62.6 Å². The van der Waals surface area contributed by atoms with Crippen LogP contribution in [0, 0.1) is 5.92 Å². The van der Waals surface area contributed by atoms with Gasteiger partial charge in [-0.2, -0.15) is 0 Å². The maximum atomic E-state index is 11.6. The Hall–Kier alpha value is -1.46. The summed E-state index contributed by atoms with van der Waals surface area (Å²) in [5, 5.41) is 11.0. The van der Waals surface area contributed by atoms with Crippen molar-refractivity contribution in [2.45, 2.75) is 18.9 Å². The lowest BCUT2D eigenvalue weighted by molar-refractivity contribution is -0.143. The number of aliphatic carboxylic acids is 1. The van der Waals surface area contributed by atoms with Crippen LogP contribution in [0.3, 0.4) is 0 Å². The number of benzene rings is 2. The Bertz CT molecular complexity index is 843. The van der Waals surface area contributed by atoms with Crippen LogP contribution in [0.15, 0.2) is 36.4 Å². The van der Waals surface area contributed by atoms with Crippen molar-refractivity contribution in [1.29, 1.82) is 0 Å². The Morgan fingerprint density at radius 3 is 2.63 bits per heavy atom. The maximum Gasteiger partial charge on any atom is 0.307 e. The van der Waals surface area contributed by atoms with E-state index in [9.17, 15) is 9.90 Å². The molecule has 2 aromatic rings. The van der Waals surface area contributed by atoms with Gasteiger partial charge >= 0.3 is 5.97 Å². The fraction of sp³-hybridized carbons (Fsp3) is 0.350. The average Bonchev–Trinajstić information content (AvgIpc) is 2.65. The highest BCUT2D eigenvalue weighted by Crippen LogP contribution is 2.40. The minimum atomic E-state index is -0.773. The summed E-state index contributed by atoms with van der Waals surface area (Å²) in [5.41, 5.74) is 1.78. The van der Waals surface area contributed by atoms with E-state index in [4.69, 9.17) is 39.5 Å². The first-order valence-corrected chi connectivity index (χ1v) is 9.79. The summed E-state index contributed by atoms with van der Waals surface area (Å²) in [6.45, 7) is 1.21. The van der Waals surface area contributed by atoms with Gasteiger partial charge in [-0.05, 0) is 55.3 Å². The molecular formula is C20H20Cl3NO3. The van der Waals surface area contributed by atoms with E-state index in [0.29, 0.717) is 33.8 Å². The number of carbonyl (C=O) groups is 1. The van der Waals surface area contributed by atoms with E-state index in [1.807, 2.05) is 24.3 Å². The highest BCUT2D eigenvalue weighted by Gasteiger charge is 2.33. The van der Waals surface area contributed by atoms with Crippen LogP contribution in [0.25, 0.3) is 0 Å². The number of hydrogen-bond acceptors (Lipinski definition) is 3. The second-order valence-electron chi connectivity index (χ2n) is 6.63. The van der Waals surface area contributed by atoms with E-state index >= 15 is 0 Å². The lowest BCUT2D eigenvalue weighted by Gasteiger charge is -2.38. The van der Waals surface area contributed by atoms with Gasteiger partial charge in [-0.3, -0.25) is 9.69 Å². The van der Waals surface area contributed by atoms with Crippen molar-refractivity contribution in [1.82, 2.24) is 4.90 Å². The Labute approximate surface area is 173 Å². The van der Waals surface area contributed by atoms with Gasteiger partial charge in [0.25, 0.3) is 0 Å². The average molecular weight is 429 g/mol. The lowest BCUT2D eigenvalue weighted by atomic mass is 9.91. The van der Waals surface area contributed by atoms with Gasteiger partial charge in [-0.25, -0.2) is 0 Å². The minimum absolute atomic E-state index is 0.240. The maximum absolute atomic E-state index is 11.6. The number of piperidine rings is 1. The van der Waals surface area contributed by atoms with Crippen molar-refractivity contribution in [2.75, 3.05) is 20.2 Å². The number of carboxylic acids is 1. The first-order valence-electron chi connectivity index (χ1n) is 8.66. The molecule has 0 amide bonds. The van der Waals surface area contributed by atoms with E-state index in [-0.39, 0.29) is 6.04 Å². The molecule has 1 heterocycles. The third-order valence-electron chi connectivity index (χ3n) is 4.91. The molecule has 7 heteroatoms. The Morgan fingerprint density at radius 2 is 1.96 bits per heavy atom. The normalized spacial score (nSPS) is 18.9. The van der Waals surface area contributed by atoms with Gasteiger partial charge in [-0.15, -0.1) is 0 Å². The summed E-state index contributed by atoms with van der Waals surface area (Å²) in [4.78, 5) is 13.7. The molecule has 1 fully saturated rings. The predicted molar refractivity (Wildman–Crippen MR) is 108 cm³/mol. The fourth-order valence-electron chi connectivity index (χ4n) is 3.63. The number of ether oxygens (including phenoxy) is 1. The fourth-order valence-corrected chi connectivity index (χ4v) is 4.12. The zero-order valence-electron chi connectivity index (χ0n) is 14.8. The molecule has 3 rings (SSSR count). The van der Waals surface area contributed by atoms with E-state index in [1.165, 1.54) is 0 Å². The first kappa shape index (κ1) is 20.3. The van der Waals surface area contributed by atoms with Crippen LogP contribution in [0.2, 0.25) is 15.1 Å². The molecule has 0 bridgehead atoms.